The van der Waals surface area contributed by atoms with Crippen molar-refractivity contribution in [1.29, 1.82) is 0 Å². The van der Waals surface area contributed by atoms with Crippen LogP contribution in [0.4, 0.5) is 0 Å². The Kier molecular flexibility index (Phi) is 4.01. The van der Waals surface area contributed by atoms with Gasteiger partial charge in [0, 0.05) is 24.2 Å². The van der Waals surface area contributed by atoms with Crippen LogP contribution in [0.3, 0.4) is 0 Å². The molecule has 0 bridgehead atoms. The maximum absolute atomic E-state index is 12.0. The smallest absolute Gasteiger partial charge is 0.156 e. The van der Waals surface area contributed by atoms with Gasteiger partial charge in [-0.3, -0.25) is 0 Å². The highest BCUT2D eigenvalue weighted by Gasteiger charge is 2.32. The quantitative estimate of drug-likeness (QED) is 0.902. The fourth-order valence-electron chi connectivity index (χ4n) is 2.20. The largest absolute Gasteiger partial charge is 0.497 e. The van der Waals surface area contributed by atoms with Crippen LogP contribution in [-0.2, 0) is 9.84 Å². The van der Waals surface area contributed by atoms with E-state index >= 15 is 0 Å². The molecule has 5 nitrogen and oxygen atoms in total. The van der Waals surface area contributed by atoms with E-state index in [1.165, 1.54) is 0 Å². The lowest BCUT2D eigenvalue weighted by atomic mass is 10.1. The van der Waals surface area contributed by atoms with Gasteiger partial charge >= 0.3 is 0 Å². The Morgan fingerprint density at radius 2 is 2.00 bits per heavy atom. The molecule has 2 rings (SSSR count). The number of nitrogens with one attached hydrogen (secondary N) is 1. The van der Waals surface area contributed by atoms with Crippen LogP contribution in [0.25, 0.3) is 0 Å². The van der Waals surface area contributed by atoms with Gasteiger partial charge in [-0.1, -0.05) is 6.07 Å². The maximum atomic E-state index is 12.0. The number of methoxy groups -OCH3 is 2. The number of ether oxygens (including phenoxy) is 2. The van der Waals surface area contributed by atoms with E-state index in [2.05, 4.69) is 5.32 Å². The van der Waals surface area contributed by atoms with Crippen molar-refractivity contribution in [1.82, 2.24) is 5.32 Å². The van der Waals surface area contributed by atoms with Gasteiger partial charge in [-0.15, -0.1) is 0 Å². The van der Waals surface area contributed by atoms with Crippen molar-refractivity contribution in [3.63, 3.8) is 0 Å². The first-order chi connectivity index (χ1) is 8.97. The van der Waals surface area contributed by atoms with Crippen LogP contribution < -0.4 is 14.8 Å². The number of benzene rings is 1. The molecule has 1 fully saturated rings. The fraction of sp³-hybridized carbons (Fsp3) is 0.538. The van der Waals surface area contributed by atoms with E-state index in [1.807, 2.05) is 12.1 Å². The first kappa shape index (κ1) is 14.1. The van der Waals surface area contributed by atoms with E-state index in [4.69, 9.17) is 9.47 Å². The molecule has 0 amide bonds. The highest BCUT2D eigenvalue weighted by molar-refractivity contribution is 7.92. The lowest BCUT2D eigenvalue weighted by molar-refractivity contribution is 0.384. The van der Waals surface area contributed by atoms with Gasteiger partial charge in [0.25, 0.3) is 0 Å². The molecule has 1 aliphatic heterocycles. The molecule has 0 spiro atoms. The highest BCUT2D eigenvalue weighted by atomic mass is 32.2. The van der Waals surface area contributed by atoms with Gasteiger partial charge in [0.1, 0.15) is 11.5 Å². The summed E-state index contributed by atoms with van der Waals surface area (Å²) < 4.78 is 34.4. The first-order valence-electron chi connectivity index (χ1n) is 6.15. The molecule has 0 radical (unpaired) electrons. The summed E-state index contributed by atoms with van der Waals surface area (Å²) >= 11 is 0. The third-order valence-electron chi connectivity index (χ3n) is 3.48. The molecule has 106 valence electrons. The lowest BCUT2D eigenvalue weighted by Gasteiger charge is -2.29. The minimum Gasteiger partial charge on any atom is -0.497 e. The van der Waals surface area contributed by atoms with Crippen molar-refractivity contribution >= 4 is 9.84 Å². The molecular weight excluding hydrogens is 266 g/mol. The Balaban J connectivity index is 2.32. The number of rotatable bonds is 3. The average Bonchev–Trinajstić information content (AvgIpc) is 2.41. The normalized spacial score (nSPS) is 25.8. The molecule has 1 heterocycles. The lowest BCUT2D eigenvalue weighted by Crippen LogP contribution is -2.44. The molecule has 0 aromatic heterocycles. The molecule has 1 aromatic rings. The van der Waals surface area contributed by atoms with E-state index in [0.29, 0.717) is 18.0 Å². The Labute approximate surface area is 113 Å². The molecule has 1 saturated heterocycles. The molecule has 2 atom stereocenters. The van der Waals surface area contributed by atoms with Gasteiger partial charge in [-0.05, 0) is 13.0 Å². The molecular formula is C13H19NO4S. The van der Waals surface area contributed by atoms with Gasteiger partial charge in [-0.2, -0.15) is 0 Å². The monoisotopic (exact) mass is 285 g/mol. The predicted octanol–water partition coefficient (Wildman–Crippen LogP) is 1.15. The van der Waals surface area contributed by atoms with Crippen LogP contribution in [0, 0.1) is 0 Å². The van der Waals surface area contributed by atoms with Crippen molar-refractivity contribution in [2.75, 3.05) is 26.5 Å². The second-order valence-corrected chi connectivity index (χ2v) is 7.17. The zero-order chi connectivity index (χ0) is 14.0. The van der Waals surface area contributed by atoms with E-state index < -0.39 is 9.84 Å². The average molecular weight is 285 g/mol. The van der Waals surface area contributed by atoms with E-state index in [9.17, 15) is 8.42 Å². The van der Waals surface area contributed by atoms with Gasteiger partial charge in [0.05, 0.1) is 25.2 Å². The number of hydrogen-bond donors (Lipinski definition) is 1. The summed E-state index contributed by atoms with van der Waals surface area (Å²) in [6.07, 6.45) is 0. The molecule has 0 saturated carbocycles. The van der Waals surface area contributed by atoms with E-state index in [0.717, 1.165) is 5.56 Å². The SMILES string of the molecule is COc1ccc(C2CS(=O)(=O)C(C)CN2)c(OC)c1. The zero-order valence-electron chi connectivity index (χ0n) is 11.3. The summed E-state index contributed by atoms with van der Waals surface area (Å²) in [5, 5.41) is 2.91. The molecule has 1 aromatic carbocycles. The van der Waals surface area contributed by atoms with Crippen LogP contribution in [0.15, 0.2) is 18.2 Å². The molecule has 0 aliphatic carbocycles. The van der Waals surface area contributed by atoms with Gasteiger partial charge in [0.15, 0.2) is 9.84 Å². The number of hydrogen-bond acceptors (Lipinski definition) is 5. The van der Waals surface area contributed by atoms with Crippen molar-refractivity contribution in [2.45, 2.75) is 18.2 Å². The first-order valence-corrected chi connectivity index (χ1v) is 7.86. The minimum absolute atomic E-state index is 0.0941. The topological polar surface area (TPSA) is 64.6 Å². The maximum Gasteiger partial charge on any atom is 0.156 e. The summed E-state index contributed by atoms with van der Waals surface area (Å²) in [6.45, 7) is 2.19. The van der Waals surface area contributed by atoms with Crippen LogP contribution in [-0.4, -0.2) is 40.2 Å². The molecule has 2 unspecified atom stereocenters. The van der Waals surface area contributed by atoms with Gasteiger partial charge in [0.2, 0.25) is 0 Å². The van der Waals surface area contributed by atoms with E-state index in [1.54, 1.807) is 27.2 Å². The van der Waals surface area contributed by atoms with Gasteiger partial charge < -0.3 is 14.8 Å². The second-order valence-electron chi connectivity index (χ2n) is 4.71. The summed E-state index contributed by atoms with van der Waals surface area (Å²) in [5.74, 6) is 1.42. The summed E-state index contributed by atoms with van der Waals surface area (Å²) in [7, 11) is 0.102. The van der Waals surface area contributed by atoms with E-state index in [-0.39, 0.29) is 17.0 Å². The third kappa shape index (κ3) is 2.84. The Bertz CT molecular complexity index is 556. The molecule has 1 aliphatic rings. The van der Waals surface area contributed by atoms with Crippen molar-refractivity contribution in [3.8, 4) is 11.5 Å². The fourth-order valence-corrected chi connectivity index (χ4v) is 3.64. The van der Waals surface area contributed by atoms with Crippen LogP contribution in [0.2, 0.25) is 0 Å². The van der Waals surface area contributed by atoms with Gasteiger partial charge in [-0.25, -0.2) is 8.42 Å². The summed E-state index contributed by atoms with van der Waals surface area (Å²) in [6, 6.07) is 5.19. The molecule has 6 heteroatoms. The molecule has 1 N–H and O–H groups in total. The van der Waals surface area contributed by atoms with Crippen LogP contribution in [0.5, 0.6) is 11.5 Å². The highest BCUT2D eigenvalue weighted by Crippen LogP contribution is 2.32. The van der Waals surface area contributed by atoms with Crippen LogP contribution >= 0.6 is 0 Å². The third-order valence-corrected chi connectivity index (χ3v) is 5.67. The molecule has 19 heavy (non-hydrogen) atoms. The Morgan fingerprint density at radius 1 is 1.26 bits per heavy atom. The number of sulfone groups is 1. The van der Waals surface area contributed by atoms with Crippen molar-refractivity contribution < 1.29 is 17.9 Å². The summed E-state index contributed by atoms with van der Waals surface area (Å²) in [5.41, 5.74) is 0.846. The van der Waals surface area contributed by atoms with Crippen molar-refractivity contribution in [2.24, 2.45) is 0 Å². The summed E-state index contributed by atoms with van der Waals surface area (Å²) in [4.78, 5) is 0. The Hall–Kier alpha value is -1.27. The zero-order valence-corrected chi connectivity index (χ0v) is 12.2. The predicted molar refractivity (Wildman–Crippen MR) is 73.5 cm³/mol. The standard InChI is InChI=1S/C13H19NO4S/c1-9-7-14-12(8-19(9,15)16)11-5-4-10(17-2)6-13(11)18-3/h4-6,9,12,14H,7-8H2,1-3H3. The second kappa shape index (κ2) is 5.38. The van der Waals surface area contributed by atoms with Crippen molar-refractivity contribution in [3.05, 3.63) is 23.8 Å². The van der Waals surface area contributed by atoms with Crippen LogP contribution in [0.1, 0.15) is 18.5 Å². The Morgan fingerprint density at radius 3 is 2.58 bits per heavy atom. The minimum atomic E-state index is -3.05.